The summed E-state index contributed by atoms with van der Waals surface area (Å²) in [6.07, 6.45) is 4.97. The Bertz CT molecular complexity index is 319. The van der Waals surface area contributed by atoms with Gasteiger partial charge >= 0.3 is 0 Å². The molecule has 1 amide bonds. The number of carbonyl (C=O) groups excluding carboxylic acids is 1. The fourth-order valence-electron chi connectivity index (χ4n) is 4.24. The average molecular weight is 282 g/mol. The minimum atomic E-state index is -0.383. The number of hydrogen-bond donors (Lipinski definition) is 2. The van der Waals surface area contributed by atoms with Crippen LogP contribution in [0.3, 0.4) is 0 Å². The lowest BCUT2D eigenvalue weighted by Gasteiger charge is -2.46. The largest absolute Gasteiger partial charge is 0.353 e. The second-order valence-corrected chi connectivity index (χ2v) is 8.28. The Labute approximate surface area is 125 Å². The summed E-state index contributed by atoms with van der Waals surface area (Å²) in [6, 6.07) is 0.283. The standard InChI is InChI=1S/C17H34N2O/c1-7-17(8-2,12-18)14(20)19-13-9-15(3,4)11-16(5,6)10-13/h13H,7-12,18H2,1-6H3,(H,19,20). The summed E-state index contributed by atoms with van der Waals surface area (Å²) >= 11 is 0. The molecular formula is C17H34N2O. The van der Waals surface area contributed by atoms with E-state index in [1.54, 1.807) is 0 Å². The molecule has 3 nitrogen and oxygen atoms in total. The first kappa shape index (κ1) is 17.5. The van der Waals surface area contributed by atoms with Crippen LogP contribution < -0.4 is 11.1 Å². The molecule has 3 heteroatoms. The molecule has 0 unspecified atom stereocenters. The molecule has 0 bridgehead atoms. The molecule has 0 aromatic carbocycles. The van der Waals surface area contributed by atoms with Gasteiger partial charge in [-0.15, -0.1) is 0 Å². The van der Waals surface area contributed by atoms with E-state index in [1.807, 2.05) is 0 Å². The lowest BCUT2D eigenvalue weighted by atomic mass is 9.63. The summed E-state index contributed by atoms with van der Waals surface area (Å²) < 4.78 is 0. The van der Waals surface area contributed by atoms with E-state index in [0.29, 0.717) is 17.4 Å². The van der Waals surface area contributed by atoms with Gasteiger partial charge in [-0.05, 0) is 42.9 Å². The second-order valence-electron chi connectivity index (χ2n) is 8.28. The van der Waals surface area contributed by atoms with Gasteiger partial charge in [0.15, 0.2) is 0 Å². The Kier molecular flexibility index (Phi) is 5.29. The van der Waals surface area contributed by atoms with Crippen molar-refractivity contribution >= 4 is 5.91 Å². The third-order valence-corrected chi connectivity index (χ3v) is 5.12. The first-order valence-corrected chi connectivity index (χ1v) is 8.11. The third kappa shape index (κ3) is 3.97. The van der Waals surface area contributed by atoms with E-state index in [0.717, 1.165) is 25.7 Å². The fourth-order valence-corrected chi connectivity index (χ4v) is 4.24. The zero-order chi connectivity index (χ0) is 15.6. The van der Waals surface area contributed by atoms with Crippen LogP contribution in [-0.4, -0.2) is 18.5 Å². The Morgan fingerprint density at radius 1 is 1.15 bits per heavy atom. The van der Waals surface area contributed by atoms with Crippen molar-refractivity contribution in [2.75, 3.05) is 6.54 Å². The van der Waals surface area contributed by atoms with Crippen LogP contribution in [0, 0.1) is 16.2 Å². The first-order chi connectivity index (χ1) is 9.10. The van der Waals surface area contributed by atoms with Crippen LogP contribution in [0.25, 0.3) is 0 Å². The Balaban J connectivity index is 2.79. The topological polar surface area (TPSA) is 55.1 Å². The third-order valence-electron chi connectivity index (χ3n) is 5.12. The van der Waals surface area contributed by atoms with Crippen LogP contribution >= 0.6 is 0 Å². The Morgan fingerprint density at radius 3 is 1.95 bits per heavy atom. The maximum Gasteiger partial charge on any atom is 0.227 e. The molecule has 118 valence electrons. The van der Waals surface area contributed by atoms with Crippen molar-refractivity contribution in [1.82, 2.24) is 5.32 Å². The number of carbonyl (C=O) groups is 1. The van der Waals surface area contributed by atoms with Crippen LogP contribution in [0.4, 0.5) is 0 Å². The predicted molar refractivity (Wildman–Crippen MR) is 85.4 cm³/mol. The predicted octanol–water partition coefficient (Wildman–Crippen LogP) is 3.47. The van der Waals surface area contributed by atoms with E-state index in [4.69, 9.17) is 5.73 Å². The SMILES string of the molecule is CCC(CC)(CN)C(=O)NC1CC(C)(C)CC(C)(C)C1. The molecule has 0 aromatic heterocycles. The summed E-state index contributed by atoms with van der Waals surface area (Å²) in [5, 5.41) is 3.30. The molecule has 1 fully saturated rings. The average Bonchev–Trinajstić information content (AvgIpc) is 2.27. The van der Waals surface area contributed by atoms with Crippen molar-refractivity contribution in [3.8, 4) is 0 Å². The molecule has 1 saturated carbocycles. The van der Waals surface area contributed by atoms with E-state index in [-0.39, 0.29) is 17.4 Å². The Hall–Kier alpha value is -0.570. The molecule has 0 spiro atoms. The maximum atomic E-state index is 12.7. The van der Waals surface area contributed by atoms with Crippen LogP contribution in [-0.2, 0) is 4.79 Å². The molecular weight excluding hydrogens is 248 g/mol. The van der Waals surface area contributed by atoms with Gasteiger partial charge in [-0.25, -0.2) is 0 Å². The van der Waals surface area contributed by atoms with E-state index in [2.05, 4.69) is 46.9 Å². The lowest BCUT2D eigenvalue weighted by Crippen LogP contribution is -2.52. The zero-order valence-electron chi connectivity index (χ0n) is 14.3. The van der Waals surface area contributed by atoms with Crippen LogP contribution in [0.5, 0.6) is 0 Å². The lowest BCUT2D eigenvalue weighted by molar-refractivity contribution is -0.132. The molecule has 0 atom stereocenters. The maximum absolute atomic E-state index is 12.7. The monoisotopic (exact) mass is 282 g/mol. The van der Waals surface area contributed by atoms with Crippen molar-refractivity contribution in [3.63, 3.8) is 0 Å². The minimum absolute atomic E-state index is 0.156. The van der Waals surface area contributed by atoms with Gasteiger partial charge in [0.2, 0.25) is 5.91 Å². The molecule has 3 N–H and O–H groups in total. The molecule has 1 rings (SSSR count). The van der Waals surface area contributed by atoms with E-state index < -0.39 is 0 Å². The number of nitrogens with two attached hydrogens (primary N) is 1. The Morgan fingerprint density at radius 2 is 1.60 bits per heavy atom. The van der Waals surface area contributed by atoms with Crippen molar-refractivity contribution in [2.45, 2.75) is 79.7 Å². The van der Waals surface area contributed by atoms with Gasteiger partial charge < -0.3 is 11.1 Å². The van der Waals surface area contributed by atoms with E-state index >= 15 is 0 Å². The summed E-state index contributed by atoms with van der Waals surface area (Å²) in [7, 11) is 0. The summed E-state index contributed by atoms with van der Waals surface area (Å²) in [6.45, 7) is 13.8. The highest BCUT2D eigenvalue weighted by Gasteiger charge is 2.41. The highest BCUT2D eigenvalue weighted by molar-refractivity contribution is 5.83. The summed E-state index contributed by atoms with van der Waals surface area (Å²) in [4.78, 5) is 12.7. The highest BCUT2D eigenvalue weighted by atomic mass is 16.2. The number of nitrogens with one attached hydrogen (secondary N) is 1. The van der Waals surface area contributed by atoms with Gasteiger partial charge in [-0.1, -0.05) is 41.5 Å². The van der Waals surface area contributed by atoms with Gasteiger partial charge in [-0.3, -0.25) is 4.79 Å². The van der Waals surface area contributed by atoms with Crippen molar-refractivity contribution in [1.29, 1.82) is 0 Å². The first-order valence-electron chi connectivity index (χ1n) is 8.11. The number of hydrogen-bond acceptors (Lipinski definition) is 2. The molecule has 0 saturated heterocycles. The molecule has 0 radical (unpaired) electrons. The molecule has 0 aromatic rings. The molecule has 1 aliphatic rings. The number of rotatable bonds is 5. The second kappa shape index (κ2) is 6.05. The van der Waals surface area contributed by atoms with Gasteiger partial charge in [0, 0.05) is 12.6 Å². The molecule has 20 heavy (non-hydrogen) atoms. The van der Waals surface area contributed by atoms with E-state index in [9.17, 15) is 4.79 Å². The van der Waals surface area contributed by atoms with Gasteiger partial charge in [0.1, 0.15) is 0 Å². The van der Waals surface area contributed by atoms with Crippen LogP contribution in [0.1, 0.15) is 73.6 Å². The number of amides is 1. The summed E-state index contributed by atoms with van der Waals surface area (Å²) in [5.41, 5.74) is 6.09. The highest BCUT2D eigenvalue weighted by Crippen LogP contribution is 2.45. The van der Waals surface area contributed by atoms with Crippen LogP contribution in [0.2, 0.25) is 0 Å². The smallest absolute Gasteiger partial charge is 0.227 e. The van der Waals surface area contributed by atoms with Gasteiger partial charge in [0.05, 0.1) is 5.41 Å². The normalized spacial score (nSPS) is 22.6. The van der Waals surface area contributed by atoms with Crippen molar-refractivity contribution < 1.29 is 4.79 Å². The fraction of sp³-hybridized carbons (Fsp3) is 0.941. The quantitative estimate of drug-likeness (QED) is 0.811. The van der Waals surface area contributed by atoms with Crippen LogP contribution in [0.15, 0.2) is 0 Å². The van der Waals surface area contributed by atoms with Gasteiger partial charge in [0.25, 0.3) is 0 Å². The molecule has 0 aliphatic heterocycles. The zero-order valence-corrected chi connectivity index (χ0v) is 14.3. The molecule has 0 heterocycles. The minimum Gasteiger partial charge on any atom is -0.353 e. The van der Waals surface area contributed by atoms with Crippen molar-refractivity contribution in [3.05, 3.63) is 0 Å². The van der Waals surface area contributed by atoms with Crippen molar-refractivity contribution in [2.24, 2.45) is 22.0 Å². The molecule has 1 aliphatic carbocycles. The van der Waals surface area contributed by atoms with Gasteiger partial charge in [-0.2, -0.15) is 0 Å². The summed E-state index contributed by atoms with van der Waals surface area (Å²) in [5.74, 6) is 0.156. The van der Waals surface area contributed by atoms with E-state index in [1.165, 1.54) is 6.42 Å².